The predicted molar refractivity (Wildman–Crippen MR) is 111 cm³/mol. The van der Waals surface area contributed by atoms with Crippen LogP contribution in [-0.4, -0.2) is 74.1 Å². The Hall–Kier alpha value is -2.12. The second-order valence-electron chi connectivity index (χ2n) is 7.49. The van der Waals surface area contributed by atoms with Crippen molar-refractivity contribution < 1.29 is 9.53 Å². The van der Waals surface area contributed by atoms with Gasteiger partial charge in [0.15, 0.2) is 5.96 Å². The van der Waals surface area contributed by atoms with Crippen molar-refractivity contribution in [1.29, 1.82) is 0 Å². The number of hydrogen-bond donors (Lipinski definition) is 2. The van der Waals surface area contributed by atoms with E-state index < -0.39 is 0 Å². The van der Waals surface area contributed by atoms with Crippen molar-refractivity contribution in [3.8, 4) is 0 Å². The van der Waals surface area contributed by atoms with Crippen LogP contribution in [0.5, 0.6) is 0 Å². The number of piperidine rings is 1. The Balaban J connectivity index is 1.37. The third-order valence-corrected chi connectivity index (χ3v) is 5.34. The summed E-state index contributed by atoms with van der Waals surface area (Å²) >= 11 is 0. The molecule has 0 aromatic heterocycles. The average Bonchev–Trinajstić information content (AvgIpc) is 2.76. The summed E-state index contributed by atoms with van der Waals surface area (Å²) in [5.74, 6) is 0.603. The van der Waals surface area contributed by atoms with Crippen molar-refractivity contribution in [3.05, 3.63) is 35.4 Å². The van der Waals surface area contributed by atoms with Crippen molar-refractivity contribution >= 4 is 11.9 Å². The monoisotopic (exact) mass is 387 g/mol. The Kier molecular flexibility index (Phi) is 8.11. The van der Waals surface area contributed by atoms with Gasteiger partial charge in [-0.15, -0.1) is 0 Å². The maximum Gasteiger partial charge on any atom is 0.253 e. The molecule has 1 amide bonds. The van der Waals surface area contributed by atoms with Crippen LogP contribution < -0.4 is 11.1 Å². The highest BCUT2D eigenvalue weighted by Crippen LogP contribution is 2.14. The Morgan fingerprint density at radius 2 is 1.79 bits per heavy atom. The fourth-order valence-corrected chi connectivity index (χ4v) is 3.61. The number of aliphatic imine (C=N–C) groups is 1. The van der Waals surface area contributed by atoms with E-state index in [0.29, 0.717) is 12.5 Å². The molecule has 1 aromatic rings. The summed E-state index contributed by atoms with van der Waals surface area (Å²) in [6.07, 6.45) is 4.47. The first-order chi connectivity index (χ1) is 13.7. The van der Waals surface area contributed by atoms with E-state index in [2.05, 4.69) is 15.2 Å². The fourth-order valence-electron chi connectivity index (χ4n) is 3.61. The minimum absolute atomic E-state index is 0.135. The van der Waals surface area contributed by atoms with Gasteiger partial charge in [0.1, 0.15) is 0 Å². The molecule has 7 heteroatoms. The second-order valence-corrected chi connectivity index (χ2v) is 7.49. The fraction of sp³-hybridized carbons (Fsp3) is 0.619. The molecule has 3 N–H and O–H groups in total. The van der Waals surface area contributed by atoms with Crippen molar-refractivity contribution in [2.75, 3.05) is 52.5 Å². The maximum atomic E-state index is 12.5. The maximum absolute atomic E-state index is 12.5. The number of carbonyl (C=O) groups excluding carboxylic acids is 1. The number of nitrogens with one attached hydrogen (secondary N) is 1. The average molecular weight is 388 g/mol. The molecular weight excluding hydrogens is 354 g/mol. The molecule has 1 aromatic carbocycles. The van der Waals surface area contributed by atoms with Crippen LogP contribution in [0.4, 0.5) is 0 Å². The van der Waals surface area contributed by atoms with Crippen LogP contribution in [0.2, 0.25) is 0 Å². The Morgan fingerprint density at radius 1 is 1.07 bits per heavy atom. The molecule has 28 heavy (non-hydrogen) atoms. The van der Waals surface area contributed by atoms with Crippen LogP contribution in [0, 0.1) is 0 Å². The Bertz CT molecular complexity index is 635. The van der Waals surface area contributed by atoms with Gasteiger partial charge in [-0.3, -0.25) is 9.69 Å². The van der Waals surface area contributed by atoms with Crippen molar-refractivity contribution in [1.82, 2.24) is 15.1 Å². The summed E-state index contributed by atoms with van der Waals surface area (Å²) in [5, 5.41) is 3.17. The summed E-state index contributed by atoms with van der Waals surface area (Å²) in [7, 11) is 0. The van der Waals surface area contributed by atoms with Gasteiger partial charge in [-0.05, 0) is 49.9 Å². The number of rotatable bonds is 7. The highest BCUT2D eigenvalue weighted by molar-refractivity contribution is 5.94. The molecule has 2 fully saturated rings. The summed E-state index contributed by atoms with van der Waals surface area (Å²) in [6.45, 7) is 7.82. The standard InChI is InChI=1S/C21H33N5O2/c22-21(23-9-4-10-25-13-15-28-16-14-25)24-17-18-5-7-19(8-6-18)20(27)26-11-2-1-3-12-26/h5-8H,1-4,9-17H2,(H3,22,23,24). The lowest BCUT2D eigenvalue weighted by molar-refractivity contribution is 0.0376. The van der Waals surface area contributed by atoms with Crippen LogP contribution >= 0.6 is 0 Å². The van der Waals surface area contributed by atoms with Gasteiger partial charge in [0.25, 0.3) is 5.91 Å². The molecule has 0 bridgehead atoms. The van der Waals surface area contributed by atoms with E-state index in [1.807, 2.05) is 29.2 Å². The molecule has 0 saturated carbocycles. The third-order valence-electron chi connectivity index (χ3n) is 5.34. The summed E-state index contributed by atoms with van der Waals surface area (Å²) in [6, 6.07) is 7.72. The summed E-state index contributed by atoms with van der Waals surface area (Å²) in [4.78, 5) is 21.3. The van der Waals surface area contributed by atoms with Crippen molar-refractivity contribution in [2.45, 2.75) is 32.2 Å². The molecule has 0 spiro atoms. The van der Waals surface area contributed by atoms with Gasteiger partial charge >= 0.3 is 0 Å². The smallest absolute Gasteiger partial charge is 0.253 e. The van der Waals surface area contributed by atoms with Gasteiger partial charge < -0.3 is 20.7 Å². The number of benzene rings is 1. The van der Waals surface area contributed by atoms with Gasteiger partial charge in [0.05, 0.1) is 19.8 Å². The number of hydrogen-bond acceptors (Lipinski definition) is 4. The highest BCUT2D eigenvalue weighted by Gasteiger charge is 2.17. The summed E-state index contributed by atoms with van der Waals surface area (Å²) < 4.78 is 5.35. The molecule has 0 aliphatic carbocycles. The van der Waals surface area contributed by atoms with E-state index in [1.54, 1.807) is 0 Å². The first kappa shape index (κ1) is 20.6. The van der Waals surface area contributed by atoms with E-state index in [0.717, 1.165) is 82.9 Å². The van der Waals surface area contributed by atoms with Gasteiger partial charge in [-0.1, -0.05) is 12.1 Å². The van der Waals surface area contributed by atoms with Crippen LogP contribution in [-0.2, 0) is 11.3 Å². The number of ether oxygens (including phenoxy) is 1. The lowest BCUT2D eigenvalue weighted by atomic mass is 10.1. The van der Waals surface area contributed by atoms with Crippen molar-refractivity contribution in [3.63, 3.8) is 0 Å². The molecule has 2 saturated heterocycles. The molecule has 2 heterocycles. The van der Waals surface area contributed by atoms with Crippen molar-refractivity contribution in [2.24, 2.45) is 10.7 Å². The molecule has 0 radical (unpaired) electrons. The zero-order valence-corrected chi connectivity index (χ0v) is 16.7. The molecule has 0 atom stereocenters. The van der Waals surface area contributed by atoms with Gasteiger partial charge in [0.2, 0.25) is 0 Å². The molecule has 154 valence electrons. The van der Waals surface area contributed by atoms with Crippen LogP contribution in [0.3, 0.4) is 0 Å². The number of likely N-dealkylation sites (tertiary alicyclic amines) is 1. The molecule has 7 nitrogen and oxygen atoms in total. The first-order valence-electron chi connectivity index (χ1n) is 10.4. The van der Waals surface area contributed by atoms with E-state index in [-0.39, 0.29) is 5.91 Å². The number of nitrogens with two attached hydrogens (primary N) is 1. The van der Waals surface area contributed by atoms with Crippen LogP contribution in [0.1, 0.15) is 41.6 Å². The lowest BCUT2D eigenvalue weighted by Gasteiger charge is -2.26. The van der Waals surface area contributed by atoms with Gasteiger partial charge in [-0.2, -0.15) is 0 Å². The number of guanidine groups is 1. The minimum atomic E-state index is 0.135. The summed E-state index contributed by atoms with van der Waals surface area (Å²) in [5.41, 5.74) is 7.76. The zero-order valence-electron chi connectivity index (χ0n) is 16.7. The van der Waals surface area contributed by atoms with E-state index in [9.17, 15) is 4.79 Å². The molecular formula is C21H33N5O2. The number of amides is 1. The molecule has 0 unspecified atom stereocenters. The first-order valence-corrected chi connectivity index (χ1v) is 10.4. The lowest BCUT2D eigenvalue weighted by Crippen LogP contribution is -2.39. The highest BCUT2D eigenvalue weighted by atomic mass is 16.5. The Labute approximate surface area is 167 Å². The predicted octanol–water partition coefficient (Wildman–Crippen LogP) is 1.44. The third kappa shape index (κ3) is 6.49. The quantitative estimate of drug-likeness (QED) is 0.420. The second kappa shape index (κ2) is 11.0. The van der Waals surface area contributed by atoms with Crippen LogP contribution in [0.15, 0.2) is 29.3 Å². The van der Waals surface area contributed by atoms with Gasteiger partial charge in [-0.25, -0.2) is 4.99 Å². The van der Waals surface area contributed by atoms with Crippen LogP contribution in [0.25, 0.3) is 0 Å². The SMILES string of the molecule is NC(=NCc1ccc(C(=O)N2CCCCC2)cc1)NCCCN1CCOCC1. The number of carbonyl (C=O) groups is 1. The molecule has 3 rings (SSSR count). The Morgan fingerprint density at radius 3 is 2.50 bits per heavy atom. The normalized spacial score (nSPS) is 18.9. The number of morpholine rings is 1. The minimum Gasteiger partial charge on any atom is -0.379 e. The largest absolute Gasteiger partial charge is 0.379 e. The molecule has 2 aliphatic rings. The van der Waals surface area contributed by atoms with E-state index >= 15 is 0 Å². The molecule has 2 aliphatic heterocycles. The number of nitrogens with zero attached hydrogens (tertiary/aromatic N) is 3. The van der Waals surface area contributed by atoms with E-state index in [1.165, 1.54) is 6.42 Å². The van der Waals surface area contributed by atoms with E-state index in [4.69, 9.17) is 10.5 Å². The zero-order chi connectivity index (χ0) is 19.6. The van der Waals surface area contributed by atoms with Gasteiger partial charge in [0, 0.05) is 38.3 Å². The topological polar surface area (TPSA) is 83.2 Å².